The highest BCUT2D eigenvalue weighted by Crippen LogP contribution is 2.26. The molecule has 0 atom stereocenters. The van der Waals surface area contributed by atoms with Gasteiger partial charge in [0, 0.05) is 24.3 Å². The number of ether oxygens (including phenoxy) is 1. The van der Waals surface area contributed by atoms with E-state index in [4.69, 9.17) is 16.3 Å². The molecule has 0 aromatic heterocycles. The van der Waals surface area contributed by atoms with Crippen molar-refractivity contribution in [2.45, 2.75) is 19.4 Å². The first kappa shape index (κ1) is 12.4. The van der Waals surface area contributed by atoms with Crippen LogP contribution in [0.1, 0.15) is 24.2 Å². The largest absolute Gasteiger partial charge is 0.372 e. The second kappa shape index (κ2) is 4.67. The molecule has 0 radical (unpaired) electrons. The van der Waals surface area contributed by atoms with Crippen LogP contribution in [-0.2, 0) is 4.74 Å². The van der Waals surface area contributed by atoms with Crippen molar-refractivity contribution in [3.8, 4) is 0 Å². The van der Waals surface area contributed by atoms with Crippen LogP contribution in [-0.4, -0.2) is 31.6 Å². The third kappa shape index (κ3) is 2.79. The van der Waals surface area contributed by atoms with Crippen LogP contribution in [0.3, 0.4) is 0 Å². The predicted molar refractivity (Wildman–Crippen MR) is 69.1 cm³/mol. The topological polar surface area (TPSA) is 29.5 Å². The van der Waals surface area contributed by atoms with Crippen molar-refractivity contribution in [3.63, 3.8) is 0 Å². The van der Waals surface area contributed by atoms with Gasteiger partial charge in [-0.05, 0) is 32.0 Å². The van der Waals surface area contributed by atoms with Crippen LogP contribution in [0.5, 0.6) is 0 Å². The Kier molecular flexibility index (Phi) is 3.40. The first-order chi connectivity index (χ1) is 8.02. The Morgan fingerprint density at radius 2 is 2.24 bits per heavy atom. The Morgan fingerprint density at radius 1 is 1.47 bits per heavy atom. The third-order valence-electron chi connectivity index (χ3n) is 2.90. The molecule has 0 spiro atoms. The van der Waals surface area contributed by atoms with Gasteiger partial charge in [0.05, 0.1) is 17.2 Å². The van der Waals surface area contributed by atoms with Crippen molar-refractivity contribution in [3.05, 3.63) is 28.8 Å². The van der Waals surface area contributed by atoms with Crippen molar-refractivity contribution < 1.29 is 9.53 Å². The summed E-state index contributed by atoms with van der Waals surface area (Å²) in [5.41, 5.74) is 1.42. The fourth-order valence-electron chi connectivity index (χ4n) is 2.05. The second-order valence-corrected chi connectivity index (χ2v) is 5.26. The van der Waals surface area contributed by atoms with E-state index in [1.807, 2.05) is 12.1 Å². The minimum atomic E-state index is -0.145. The van der Waals surface area contributed by atoms with Gasteiger partial charge in [-0.25, -0.2) is 0 Å². The number of nitrogens with zero attached hydrogens (tertiary/aromatic N) is 1. The van der Waals surface area contributed by atoms with Gasteiger partial charge in [0.2, 0.25) is 0 Å². The maximum Gasteiger partial charge on any atom is 0.151 e. The van der Waals surface area contributed by atoms with Crippen LogP contribution in [0, 0.1) is 0 Å². The van der Waals surface area contributed by atoms with E-state index in [2.05, 4.69) is 18.7 Å². The molecule has 1 aromatic rings. The van der Waals surface area contributed by atoms with Crippen LogP contribution in [0.4, 0.5) is 5.69 Å². The monoisotopic (exact) mass is 253 g/mol. The second-order valence-electron chi connectivity index (χ2n) is 4.85. The average molecular weight is 254 g/mol. The summed E-state index contributed by atoms with van der Waals surface area (Å²) in [6.45, 7) is 6.52. The Morgan fingerprint density at radius 3 is 2.82 bits per heavy atom. The SMILES string of the molecule is CC1(C)CN(c2ccc(C=O)c(Cl)c2)CCO1. The van der Waals surface area contributed by atoms with E-state index in [9.17, 15) is 4.79 Å². The molecule has 3 nitrogen and oxygen atoms in total. The summed E-state index contributed by atoms with van der Waals surface area (Å²) >= 11 is 6.03. The summed E-state index contributed by atoms with van der Waals surface area (Å²) in [6.07, 6.45) is 0.773. The lowest BCUT2D eigenvalue weighted by molar-refractivity contribution is -0.0276. The quantitative estimate of drug-likeness (QED) is 0.759. The van der Waals surface area contributed by atoms with Gasteiger partial charge in [-0.2, -0.15) is 0 Å². The van der Waals surface area contributed by atoms with Crippen molar-refractivity contribution in [1.82, 2.24) is 0 Å². The highest BCUT2D eigenvalue weighted by Gasteiger charge is 2.27. The zero-order valence-corrected chi connectivity index (χ0v) is 10.8. The molecule has 2 rings (SSSR count). The predicted octanol–water partition coefficient (Wildman–Crippen LogP) is 2.77. The number of morpholine rings is 1. The van der Waals surface area contributed by atoms with Gasteiger partial charge >= 0.3 is 0 Å². The van der Waals surface area contributed by atoms with Crippen LogP contribution < -0.4 is 4.90 Å². The number of hydrogen-bond acceptors (Lipinski definition) is 3. The Bertz CT molecular complexity index is 431. The standard InChI is InChI=1S/C13H16ClNO2/c1-13(2)9-15(5-6-17-13)11-4-3-10(8-16)12(14)7-11/h3-4,7-8H,5-6,9H2,1-2H3. The maximum absolute atomic E-state index is 10.7. The van der Waals surface area contributed by atoms with E-state index in [0.717, 1.165) is 25.1 Å². The minimum Gasteiger partial charge on any atom is -0.372 e. The summed E-state index contributed by atoms with van der Waals surface area (Å²) in [7, 11) is 0. The van der Waals surface area contributed by atoms with E-state index < -0.39 is 0 Å². The molecule has 1 saturated heterocycles. The van der Waals surface area contributed by atoms with E-state index >= 15 is 0 Å². The van der Waals surface area contributed by atoms with Gasteiger partial charge in [-0.3, -0.25) is 4.79 Å². The van der Waals surface area contributed by atoms with Gasteiger partial charge in [-0.15, -0.1) is 0 Å². The molecule has 17 heavy (non-hydrogen) atoms. The molecule has 0 bridgehead atoms. The third-order valence-corrected chi connectivity index (χ3v) is 3.23. The number of carbonyl (C=O) groups is 1. The van der Waals surface area contributed by atoms with Gasteiger partial charge in [-0.1, -0.05) is 11.6 Å². The van der Waals surface area contributed by atoms with Crippen molar-refractivity contribution >= 4 is 23.6 Å². The van der Waals surface area contributed by atoms with Gasteiger partial charge in [0.15, 0.2) is 6.29 Å². The highest BCUT2D eigenvalue weighted by molar-refractivity contribution is 6.33. The number of anilines is 1. The molecule has 1 aliphatic heterocycles. The first-order valence-corrected chi connectivity index (χ1v) is 6.03. The van der Waals surface area contributed by atoms with Crippen LogP contribution >= 0.6 is 11.6 Å². The lowest BCUT2D eigenvalue weighted by Crippen LogP contribution is -2.48. The number of hydrogen-bond donors (Lipinski definition) is 0. The van der Waals surface area contributed by atoms with Crippen LogP contribution in [0.2, 0.25) is 5.02 Å². The zero-order chi connectivity index (χ0) is 12.5. The Hall–Kier alpha value is -1.06. The molecule has 0 saturated carbocycles. The zero-order valence-electron chi connectivity index (χ0n) is 10.1. The van der Waals surface area contributed by atoms with Crippen LogP contribution in [0.25, 0.3) is 0 Å². The fraction of sp³-hybridized carbons (Fsp3) is 0.462. The molecular formula is C13H16ClNO2. The molecule has 4 heteroatoms. The van der Waals surface area contributed by atoms with Crippen LogP contribution in [0.15, 0.2) is 18.2 Å². The number of benzene rings is 1. The molecule has 0 unspecified atom stereocenters. The number of aldehydes is 1. The lowest BCUT2D eigenvalue weighted by Gasteiger charge is -2.39. The van der Waals surface area contributed by atoms with E-state index in [0.29, 0.717) is 17.2 Å². The van der Waals surface area contributed by atoms with Gasteiger partial charge < -0.3 is 9.64 Å². The molecule has 1 aliphatic rings. The molecule has 1 fully saturated rings. The Labute approximate surface area is 106 Å². The van der Waals surface area contributed by atoms with Crippen molar-refractivity contribution in [1.29, 1.82) is 0 Å². The number of carbonyl (C=O) groups excluding carboxylic acids is 1. The summed E-state index contributed by atoms with van der Waals surface area (Å²) in [5, 5.41) is 0.502. The maximum atomic E-state index is 10.7. The normalized spacial score (nSPS) is 19.1. The highest BCUT2D eigenvalue weighted by atomic mass is 35.5. The Balaban J connectivity index is 2.22. The average Bonchev–Trinajstić information content (AvgIpc) is 2.27. The lowest BCUT2D eigenvalue weighted by atomic mass is 10.1. The van der Waals surface area contributed by atoms with E-state index in [-0.39, 0.29) is 5.60 Å². The smallest absolute Gasteiger partial charge is 0.151 e. The van der Waals surface area contributed by atoms with E-state index in [1.165, 1.54) is 0 Å². The molecule has 0 N–H and O–H groups in total. The van der Waals surface area contributed by atoms with Gasteiger partial charge in [0.1, 0.15) is 0 Å². The summed E-state index contributed by atoms with van der Waals surface area (Å²) in [6, 6.07) is 5.52. The fourth-order valence-corrected chi connectivity index (χ4v) is 2.26. The number of halogens is 1. The molecule has 92 valence electrons. The van der Waals surface area contributed by atoms with Gasteiger partial charge in [0.25, 0.3) is 0 Å². The summed E-state index contributed by atoms with van der Waals surface area (Å²) in [5.74, 6) is 0. The molecule has 0 aliphatic carbocycles. The minimum absolute atomic E-state index is 0.145. The summed E-state index contributed by atoms with van der Waals surface area (Å²) < 4.78 is 5.66. The molecular weight excluding hydrogens is 238 g/mol. The first-order valence-electron chi connectivity index (χ1n) is 5.65. The van der Waals surface area contributed by atoms with E-state index in [1.54, 1.807) is 6.07 Å². The van der Waals surface area contributed by atoms with Crippen molar-refractivity contribution in [2.75, 3.05) is 24.6 Å². The summed E-state index contributed by atoms with van der Waals surface area (Å²) in [4.78, 5) is 12.9. The van der Waals surface area contributed by atoms with Crippen molar-refractivity contribution in [2.24, 2.45) is 0 Å². The molecule has 1 heterocycles. The molecule has 1 aromatic carbocycles. The molecule has 0 amide bonds. The number of rotatable bonds is 2.